The number of nitrogens with one attached hydrogen (secondary N) is 2. The lowest BCUT2D eigenvalue weighted by atomic mass is 10.2. The quantitative estimate of drug-likeness (QED) is 0.574. The van der Waals surface area contributed by atoms with Crippen LogP contribution >= 0.6 is 0 Å². The van der Waals surface area contributed by atoms with Crippen molar-refractivity contribution in [1.82, 2.24) is 15.3 Å². The zero-order valence-electron chi connectivity index (χ0n) is 7.86. The first-order valence-electron chi connectivity index (χ1n) is 4.36. The van der Waals surface area contributed by atoms with Gasteiger partial charge in [-0.15, -0.1) is 6.58 Å². The second-order valence-electron chi connectivity index (χ2n) is 2.88. The Labute approximate surface area is 82.4 Å². The van der Waals surface area contributed by atoms with Gasteiger partial charge in [-0.2, -0.15) is 0 Å². The molecule has 1 amide bonds. The van der Waals surface area contributed by atoms with Gasteiger partial charge in [-0.3, -0.25) is 4.79 Å². The molecule has 0 spiro atoms. The van der Waals surface area contributed by atoms with Crippen LogP contribution in [0.2, 0.25) is 0 Å². The molecule has 0 aliphatic rings. The molecular formula is C9H14N4O. The van der Waals surface area contributed by atoms with Crippen molar-refractivity contribution in [2.45, 2.75) is 19.0 Å². The molecular weight excluding hydrogens is 180 g/mol. The number of hydrogen-bond acceptors (Lipinski definition) is 3. The van der Waals surface area contributed by atoms with E-state index in [4.69, 9.17) is 5.73 Å². The van der Waals surface area contributed by atoms with Gasteiger partial charge in [0.25, 0.3) is 0 Å². The average Bonchev–Trinajstić information content (AvgIpc) is 2.67. The lowest BCUT2D eigenvalue weighted by Crippen LogP contribution is -2.39. The summed E-state index contributed by atoms with van der Waals surface area (Å²) in [5.74, 6) is 0.519. The minimum absolute atomic E-state index is 0.193. The molecule has 0 saturated heterocycles. The van der Waals surface area contributed by atoms with Crippen molar-refractivity contribution in [2.75, 3.05) is 0 Å². The van der Waals surface area contributed by atoms with Crippen LogP contribution in [0.3, 0.4) is 0 Å². The maximum atomic E-state index is 11.3. The van der Waals surface area contributed by atoms with E-state index < -0.39 is 6.04 Å². The fraction of sp³-hybridized carbons (Fsp3) is 0.333. The highest BCUT2D eigenvalue weighted by molar-refractivity contribution is 5.81. The molecule has 76 valence electrons. The van der Waals surface area contributed by atoms with Crippen molar-refractivity contribution >= 4 is 5.91 Å². The molecule has 5 heteroatoms. The fourth-order valence-electron chi connectivity index (χ4n) is 0.983. The monoisotopic (exact) mass is 194 g/mol. The fourth-order valence-corrected chi connectivity index (χ4v) is 0.983. The first-order valence-corrected chi connectivity index (χ1v) is 4.36. The van der Waals surface area contributed by atoms with Crippen molar-refractivity contribution in [3.05, 3.63) is 30.9 Å². The van der Waals surface area contributed by atoms with E-state index in [9.17, 15) is 4.79 Å². The minimum atomic E-state index is -0.525. The molecule has 1 unspecified atom stereocenters. The number of H-pyrrole nitrogens is 1. The molecule has 0 aliphatic heterocycles. The maximum Gasteiger partial charge on any atom is 0.237 e. The Morgan fingerprint density at radius 2 is 2.64 bits per heavy atom. The molecule has 0 saturated carbocycles. The lowest BCUT2D eigenvalue weighted by molar-refractivity contribution is -0.122. The van der Waals surface area contributed by atoms with Gasteiger partial charge in [-0.25, -0.2) is 4.98 Å². The summed E-state index contributed by atoms with van der Waals surface area (Å²) in [6.07, 6.45) is 5.43. The van der Waals surface area contributed by atoms with Crippen molar-refractivity contribution in [3.8, 4) is 0 Å². The smallest absolute Gasteiger partial charge is 0.237 e. The van der Waals surface area contributed by atoms with Crippen molar-refractivity contribution in [1.29, 1.82) is 0 Å². The van der Waals surface area contributed by atoms with Gasteiger partial charge in [0.2, 0.25) is 5.91 Å². The third kappa shape index (κ3) is 3.02. The predicted octanol–water partition coefficient (Wildman–Crippen LogP) is -0.0707. The summed E-state index contributed by atoms with van der Waals surface area (Å²) in [4.78, 5) is 18.1. The molecule has 14 heavy (non-hydrogen) atoms. The Hall–Kier alpha value is -1.62. The van der Waals surface area contributed by atoms with Gasteiger partial charge in [-0.1, -0.05) is 6.08 Å². The van der Waals surface area contributed by atoms with Crippen LogP contribution in [0.15, 0.2) is 25.0 Å². The summed E-state index contributed by atoms with van der Waals surface area (Å²) in [6, 6.07) is -0.525. The molecule has 0 aromatic carbocycles. The second-order valence-corrected chi connectivity index (χ2v) is 2.88. The van der Waals surface area contributed by atoms with Gasteiger partial charge in [0.05, 0.1) is 12.6 Å². The maximum absolute atomic E-state index is 11.3. The van der Waals surface area contributed by atoms with E-state index >= 15 is 0 Å². The van der Waals surface area contributed by atoms with Crippen LogP contribution in [0, 0.1) is 0 Å². The van der Waals surface area contributed by atoms with E-state index in [0.29, 0.717) is 18.8 Å². The van der Waals surface area contributed by atoms with Crippen LogP contribution in [0.25, 0.3) is 0 Å². The number of aromatic nitrogens is 2. The third-order valence-electron chi connectivity index (χ3n) is 1.74. The SMILES string of the molecule is C=CCC(N)C(=O)NCc1ncc[nH]1. The molecule has 1 heterocycles. The summed E-state index contributed by atoms with van der Waals surface area (Å²) in [5.41, 5.74) is 5.55. The van der Waals surface area contributed by atoms with Crippen LogP contribution in [-0.2, 0) is 11.3 Å². The number of imidazole rings is 1. The van der Waals surface area contributed by atoms with Crippen LogP contribution in [-0.4, -0.2) is 21.9 Å². The number of rotatable bonds is 5. The summed E-state index contributed by atoms with van der Waals surface area (Å²) in [7, 11) is 0. The van der Waals surface area contributed by atoms with Crippen molar-refractivity contribution < 1.29 is 4.79 Å². The highest BCUT2D eigenvalue weighted by Crippen LogP contribution is 1.91. The second kappa shape index (κ2) is 5.18. The molecule has 1 rings (SSSR count). The lowest BCUT2D eigenvalue weighted by Gasteiger charge is -2.08. The molecule has 1 aromatic heterocycles. The Bertz CT molecular complexity index is 294. The van der Waals surface area contributed by atoms with Gasteiger partial charge < -0.3 is 16.0 Å². The molecule has 1 atom stereocenters. The zero-order chi connectivity index (χ0) is 10.4. The number of amides is 1. The molecule has 1 aromatic rings. The Kier molecular flexibility index (Phi) is 3.87. The Morgan fingerprint density at radius 1 is 1.86 bits per heavy atom. The number of carbonyl (C=O) groups is 1. The van der Waals surface area contributed by atoms with Crippen LogP contribution in [0.5, 0.6) is 0 Å². The summed E-state index contributed by atoms with van der Waals surface area (Å²) in [5, 5.41) is 2.66. The molecule has 5 nitrogen and oxygen atoms in total. The number of aromatic amines is 1. The van der Waals surface area contributed by atoms with E-state index in [1.807, 2.05) is 0 Å². The zero-order valence-corrected chi connectivity index (χ0v) is 7.86. The molecule has 4 N–H and O–H groups in total. The van der Waals surface area contributed by atoms with E-state index in [0.717, 1.165) is 0 Å². The first-order chi connectivity index (χ1) is 6.74. The van der Waals surface area contributed by atoms with E-state index in [-0.39, 0.29) is 5.91 Å². The van der Waals surface area contributed by atoms with Crippen molar-refractivity contribution in [2.24, 2.45) is 5.73 Å². The Balaban J connectivity index is 2.31. The topological polar surface area (TPSA) is 83.8 Å². The van der Waals surface area contributed by atoms with Crippen LogP contribution in [0.1, 0.15) is 12.2 Å². The number of nitrogens with two attached hydrogens (primary N) is 1. The Morgan fingerprint density at radius 3 is 3.21 bits per heavy atom. The third-order valence-corrected chi connectivity index (χ3v) is 1.74. The summed E-state index contributed by atoms with van der Waals surface area (Å²) >= 11 is 0. The largest absolute Gasteiger partial charge is 0.348 e. The summed E-state index contributed by atoms with van der Waals surface area (Å²) < 4.78 is 0. The standard InChI is InChI=1S/C9H14N4O/c1-2-3-7(10)9(14)13-6-8-11-4-5-12-8/h2,4-5,7H,1,3,6,10H2,(H,11,12)(H,13,14). The van der Waals surface area contributed by atoms with E-state index in [2.05, 4.69) is 21.9 Å². The number of nitrogens with zero attached hydrogens (tertiary/aromatic N) is 1. The number of carbonyl (C=O) groups excluding carboxylic acids is 1. The molecule has 0 bridgehead atoms. The molecule has 0 radical (unpaired) electrons. The van der Waals surface area contributed by atoms with Crippen molar-refractivity contribution in [3.63, 3.8) is 0 Å². The predicted molar refractivity (Wildman–Crippen MR) is 53.2 cm³/mol. The highest BCUT2D eigenvalue weighted by atomic mass is 16.2. The number of hydrogen-bond donors (Lipinski definition) is 3. The van der Waals surface area contributed by atoms with E-state index in [1.54, 1.807) is 18.5 Å². The van der Waals surface area contributed by atoms with Gasteiger partial charge >= 0.3 is 0 Å². The van der Waals surface area contributed by atoms with Gasteiger partial charge in [-0.05, 0) is 6.42 Å². The molecule has 0 aliphatic carbocycles. The van der Waals surface area contributed by atoms with Gasteiger partial charge in [0.15, 0.2) is 0 Å². The van der Waals surface area contributed by atoms with E-state index in [1.165, 1.54) is 0 Å². The van der Waals surface area contributed by atoms with Crippen LogP contribution < -0.4 is 11.1 Å². The van der Waals surface area contributed by atoms with Gasteiger partial charge in [0.1, 0.15) is 5.82 Å². The normalized spacial score (nSPS) is 12.1. The van der Waals surface area contributed by atoms with Gasteiger partial charge in [0, 0.05) is 12.4 Å². The average molecular weight is 194 g/mol. The highest BCUT2D eigenvalue weighted by Gasteiger charge is 2.10. The first kappa shape index (κ1) is 10.5. The minimum Gasteiger partial charge on any atom is -0.348 e. The summed E-state index contributed by atoms with van der Waals surface area (Å²) in [6.45, 7) is 3.89. The molecule has 0 fully saturated rings. The van der Waals surface area contributed by atoms with Crippen LogP contribution in [0.4, 0.5) is 0 Å².